The second kappa shape index (κ2) is 10.1. The number of amides is 1. The van der Waals surface area contributed by atoms with Gasteiger partial charge in [-0.2, -0.15) is 0 Å². The standard InChI is InChI=1S/C32H23BrN2O5/c1-19-7-9-20(10-8-19)29(36)27-28-32(38)40-26-6-4-3-5-25(26)35(28)30(21-11-13-22(33)14-12-21)34(31(27)37)23-15-17-24(39-2)18-16-23/h3-18,30H,1-2H3. The Hall–Kier alpha value is -4.69. The summed E-state index contributed by atoms with van der Waals surface area (Å²) in [6, 6.07) is 28.5. The zero-order valence-electron chi connectivity index (χ0n) is 21.6. The molecule has 0 radical (unpaired) electrons. The Morgan fingerprint density at radius 3 is 2.20 bits per heavy atom. The van der Waals surface area contributed by atoms with Crippen molar-refractivity contribution in [2.24, 2.45) is 0 Å². The van der Waals surface area contributed by atoms with Crippen molar-refractivity contribution in [3.05, 3.63) is 129 Å². The third-order valence-electron chi connectivity index (χ3n) is 6.98. The van der Waals surface area contributed by atoms with Crippen LogP contribution in [0.3, 0.4) is 0 Å². The molecule has 2 aliphatic heterocycles. The molecule has 4 aromatic carbocycles. The molecule has 1 unspecified atom stereocenters. The molecule has 0 saturated heterocycles. The summed E-state index contributed by atoms with van der Waals surface area (Å²) in [5.41, 5.74) is 2.74. The van der Waals surface area contributed by atoms with Crippen LogP contribution < -0.4 is 19.3 Å². The number of nitrogens with zero attached hydrogens (tertiary/aromatic N) is 2. The molecule has 1 amide bonds. The van der Waals surface area contributed by atoms with Gasteiger partial charge in [-0.15, -0.1) is 0 Å². The number of Topliss-reactive ketones (excluding diaryl/α,β-unsaturated/α-hetero) is 1. The van der Waals surface area contributed by atoms with E-state index in [4.69, 9.17) is 9.47 Å². The fraction of sp³-hybridized carbons (Fsp3) is 0.0938. The summed E-state index contributed by atoms with van der Waals surface area (Å²) in [7, 11) is 1.56. The Bertz CT molecular complexity index is 1680. The van der Waals surface area contributed by atoms with E-state index >= 15 is 0 Å². The second-order valence-electron chi connectivity index (χ2n) is 9.44. The van der Waals surface area contributed by atoms with Crippen LogP contribution in [0.1, 0.15) is 27.7 Å². The average Bonchev–Trinajstić information content (AvgIpc) is 2.97. The number of para-hydroxylation sites is 2. The van der Waals surface area contributed by atoms with Gasteiger partial charge < -0.3 is 14.4 Å². The molecule has 7 nitrogen and oxygen atoms in total. The van der Waals surface area contributed by atoms with E-state index < -0.39 is 23.8 Å². The van der Waals surface area contributed by atoms with Crippen LogP contribution in [0.4, 0.5) is 11.4 Å². The number of anilines is 2. The van der Waals surface area contributed by atoms with Crippen LogP contribution in [-0.2, 0) is 9.59 Å². The van der Waals surface area contributed by atoms with Gasteiger partial charge in [0.2, 0.25) is 5.78 Å². The smallest absolute Gasteiger partial charge is 0.361 e. The van der Waals surface area contributed by atoms with Gasteiger partial charge in [0.1, 0.15) is 23.2 Å². The van der Waals surface area contributed by atoms with Gasteiger partial charge in [-0.1, -0.05) is 70.0 Å². The Labute approximate surface area is 239 Å². The summed E-state index contributed by atoms with van der Waals surface area (Å²) < 4.78 is 11.9. The molecule has 8 heteroatoms. The number of rotatable bonds is 5. The highest BCUT2D eigenvalue weighted by atomic mass is 79.9. The zero-order valence-corrected chi connectivity index (χ0v) is 23.2. The first-order valence-corrected chi connectivity index (χ1v) is 13.4. The van der Waals surface area contributed by atoms with Crippen LogP contribution in [0.5, 0.6) is 11.5 Å². The van der Waals surface area contributed by atoms with Crippen molar-refractivity contribution in [3.8, 4) is 11.5 Å². The quantitative estimate of drug-likeness (QED) is 0.116. The molecule has 0 bridgehead atoms. The lowest BCUT2D eigenvalue weighted by atomic mass is 9.93. The largest absolute Gasteiger partial charge is 0.497 e. The number of hydrogen-bond acceptors (Lipinski definition) is 6. The van der Waals surface area contributed by atoms with Gasteiger partial charge in [-0.05, 0) is 61.0 Å². The average molecular weight is 595 g/mol. The number of aryl methyl sites for hydroxylation is 1. The van der Waals surface area contributed by atoms with E-state index in [1.165, 1.54) is 0 Å². The summed E-state index contributed by atoms with van der Waals surface area (Å²) in [5, 5.41) is 0. The highest BCUT2D eigenvalue weighted by molar-refractivity contribution is 9.10. The van der Waals surface area contributed by atoms with E-state index in [9.17, 15) is 14.4 Å². The number of halogens is 1. The van der Waals surface area contributed by atoms with Crippen LogP contribution in [-0.4, -0.2) is 24.8 Å². The van der Waals surface area contributed by atoms with Crippen LogP contribution in [0.2, 0.25) is 0 Å². The van der Waals surface area contributed by atoms with Crippen LogP contribution in [0.25, 0.3) is 0 Å². The van der Waals surface area contributed by atoms with Gasteiger partial charge in [0.05, 0.1) is 12.8 Å². The lowest BCUT2D eigenvalue weighted by molar-refractivity contribution is -0.131. The van der Waals surface area contributed by atoms with Crippen molar-refractivity contribution in [1.29, 1.82) is 0 Å². The minimum Gasteiger partial charge on any atom is -0.497 e. The van der Waals surface area contributed by atoms with E-state index in [1.807, 2.05) is 43.3 Å². The maximum Gasteiger partial charge on any atom is 0.361 e. The van der Waals surface area contributed by atoms with Gasteiger partial charge in [0.15, 0.2) is 5.75 Å². The second-order valence-corrected chi connectivity index (χ2v) is 10.4. The Kier molecular flexibility index (Phi) is 6.48. The molecule has 198 valence electrons. The lowest BCUT2D eigenvalue weighted by Gasteiger charge is -2.47. The Morgan fingerprint density at radius 2 is 1.52 bits per heavy atom. The van der Waals surface area contributed by atoms with Gasteiger partial charge in [-0.25, -0.2) is 4.79 Å². The van der Waals surface area contributed by atoms with Crippen molar-refractivity contribution < 1.29 is 23.9 Å². The maximum absolute atomic E-state index is 14.5. The third kappa shape index (κ3) is 4.26. The van der Waals surface area contributed by atoms with Crippen molar-refractivity contribution in [1.82, 2.24) is 0 Å². The molecule has 1 atom stereocenters. The first-order valence-electron chi connectivity index (χ1n) is 12.6. The summed E-state index contributed by atoms with van der Waals surface area (Å²) in [6.45, 7) is 1.91. The zero-order chi connectivity index (χ0) is 28.0. The van der Waals surface area contributed by atoms with E-state index in [1.54, 1.807) is 77.6 Å². The maximum atomic E-state index is 14.5. The van der Waals surface area contributed by atoms with Gasteiger partial charge in [0, 0.05) is 15.7 Å². The topological polar surface area (TPSA) is 76.1 Å². The Balaban J connectivity index is 1.65. The van der Waals surface area contributed by atoms with Crippen molar-refractivity contribution in [3.63, 3.8) is 0 Å². The van der Waals surface area contributed by atoms with E-state index in [0.29, 0.717) is 28.4 Å². The fourth-order valence-corrected chi connectivity index (χ4v) is 5.29. The number of methoxy groups -OCH3 is 1. The number of ether oxygens (including phenoxy) is 2. The minimum absolute atomic E-state index is 0.0908. The summed E-state index contributed by atoms with van der Waals surface area (Å²) in [5.74, 6) is -0.976. The lowest BCUT2D eigenvalue weighted by Crippen LogP contribution is -2.55. The third-order valence-corrected chi connectivity index (χ3v) is 7.51. The molecule has 2 heterocycles. The predicted octanol–water partition coefficient (Wildman–Crippen LogP) is 6.37. The molecule has 0 fully saturated rings. The molecule has 0 spiro atoms. The molecule has 40 heavy (non-hydrogen) atoms. The molecular weight excluding hydrogens is 572 g/mol. The molecule has 0 aliphatic carbocycles. The van der Waals surface area contributed by atoms with Crippen molar-refractivity contribution >= 4 is 45.0 Å². The van der Waals surface area contributed by atoms with Gasteiger partial charge in [-0.3, -0.25) is 14.5 Å². The van der Waals surface area contributed by atoms with Crippen molar-refractivity contribution in [2.75, 3.05) is 16.9 Å². The van der Waals surface area contributed by atoms with Crippen LogP contribution in [0.15, 0.2) is 113 Å². The molecule has 0 saturated carbocycles. The van der Waals surface area contributed by atoms with E-state index in [0.717, 1.165) is 15.6 Å². The molecule has 0 N–H and O–H groups in total. The summed E-state index contributed by atoms with van der Waals surface area (Å²) in [4.78, 5) is 45.4. The minimum atomic E-state index is -0.799. The van der Waals surface area contributed by atoms with E-state index in [-0.39, 0.29) is 11.3 Å². The van der Waals surface area contributed by atoms with Gasteiger partial charge >= 0.3 is 5.97 Å². The van der Waals surface area contributed by atoms with Gasteiger partial charge in [0.25, 0.3) is 5.91 Å². The normalized spacial score (nSPS) is 16.3. The van der Waals surface area contributed by atoms with Crippen molar-refractivity contribution in [2.45, 2.75) is 13.1 Å². The number of hydrogen-bond donors (Lipinski definition) is 0. The van der Waals surface area contributed by atoms with Crippen LogP contribution >= 0.6 is 15.9 Å². The highest BCUT2D eigenvalue weighted by Crippen LogP contribution is 2.48. The highest BCUT2D eigenvalue weighted by Gasteiger charge is 2.49. The number of esters is 1. The number of fused-ring (bicyclic) bond motifs is 3. The SMILES string of the molecule is COc1ccc(N2C(=O)C(C(=O)c3ccc(C)cc3)=C3C(=O)Oc4ccccc4N3C2c2ccc(Br)cc2)cc1. The predicted molar refractivity (Wildman–Crippen MR) is 154 cm³/mol. The number of carbonyl (C=O) groups excluding carboxylic acids is 3. The number of ketones is 1. The number of benzene rings is 4. The molecule has 2 aliphatic rings. The van der Waals surface area contributed by atoms with Crippen LogP contribution in [0, 0.1) is 6.92 Å². The molecule has 0 aromatic heterocycles. The number of carbonyl (C=O) groups is 3. The fourth-order valence-electron chi connectivity index (χ4n) is 5.02. The summed E-state index contributed by atoms with van der Waals surface area (Å²) >= 11 is 3.48. The molecule has 6 rings (SSSR count). The molecule has 4 aromatic rings. The monoisotopic (exact) mass is 594 g/mol. The first-order chi connectivity index (χ1) is 19.4. The van der Waals surface area contributed by atoms with E-state index in [2.05, 4.69) is 15.9 Å². The molecular formula is C32H23BrN2O5. The Morgan fingerprint density at radius 1 is 0.850 bits per heavy atom. The summed E-state index contributed by atoms with van der Waals surface area (Å²) in [6.07, 6.45) is -0.799. The first kappa shape index (κ1) is 25.6.